The van der Waals surface area contributed by atoms with E-state index in [9.17, 15) is 4.79 Å². The summed E-state index contributed by atoms with van der Waals surface area (Å²) in [5, 5.41) is 0. The maximum absolute atomic E-state index is 11.5. The van der Waals surface area contributed by atoms with Crippen LogP contribution in [0.25, 0.3) is 0 Å². The number of methoxy groups -OCH3 is 1. The summed E-state index contributed by atoms with van der Waals surface area (Å²) in [6.07, 6.45) is 4.92. The lowest BCUT2D eigenvalue weighted by Crippen LogP contribution is -2.29. The largest absolute Gasteiger partial charge is 0.466 e. The Morgan fingerprint density at radius 2 is 2.24 bits per heavy atom. The highest BCUT2D eigenvalue weighted by atomic mass is 16.6. The number of fused-ring (bicyclic) bond motifs is 1. The van der Waals surface area contributed by atoms with Crippen LogP contribution < -0.4 is 0 Å². The van der Waals surface area contributed by atoms with Crippen molar-refractivity contribution in [2.24, 2.45) is 0 Å². The Balaban J connectivity index is 2.03. The number of carbonyl (C=O) groups is 1. The van der Waals surface area contributed by atoms with Crippen molar-refractivity contribution in [3.8, 4) is 0 Å². The summed E-state index contributed by atoms with van der Waals surface area (Å²) in [6.45, 7) is 4.21. The average Bonchev–Trinajstić information content (AvgIpc) is 3.13. The topological polar surface area (TPSA) is 48.1 Å². The van der Waals surface area contributed by atoms with Crippen molar-refractivity contribution < 1.29 is 19.0 Å². The van der Waals surface area contributed by atoms with E-state index in [1.165, 1.54) is 7.11 Å². The van der Waals surface area contributed by atoms with Crippen LogP contribution in [0.1, 0.15) is 33.1 Å². The van der Waals surface area contributed by atoms with Crippen molar-refractivity contribution in [1.29, 1.82) is 0 Å². The maximum Gasteiger partial charge on any atom is 0.333 e. The summed E-state index contributed by atoms with van der Waals surface area (Å²) < 4.78 is 16.2. The van der Waals surface area contributed by atoms with Crippen LogP contribution in [0.4, 0.5) is 0 Å². The highest BCUT2D eigenvalue weighted by molar-refractivity contribution is 5.89. The van der Waals surface area contributed by atoms with Crippen molar-refractivity contribution in [3.05, 3.63) is 11.6 Å². The van der Waals surface area contributed by atoms with E-state index < -0.39 is 0 Å². The molecule has 4 heteroatoms. The smallest absolute Gasteiger partial charge is 0.333 e. The molecule has 0 aromatic rings. The third-order valence-corrected chi connectivity index (χ3v) is 3.44. The van der Waals surface area contributed by atoms with Crippen LogP contribution in [-0.2, 0) is 19.0 Å². The van der Waals surface area contributed by atoms with Crippen LogP contribution >= 0.6 is 0 Å². The Bertz CT molecular complexity index is 319. The van der Waals surface area contributed by atoms with Gasteiger partial charge in [-0.2, -0.15) is 0 Å². The monoisotopic (exact) mass is 240 g/mol. The van der Waals surface area contributed by atoms with Crippen LogP contribution in [0.2, 0.25) is 0 Å². The molecule has 0 bridgehead atoms. The molecule has 0 radical (unpaired) electrons. The Hall–Kier alpha value is -0.870. The number of carbonyl (C=O) groups excluding carboxylic acids is 1. The molecule has 17 heavy (non-hydrogen) atoms. The molecular weight excluding hydrogens is 220 g/mol. The molecule has 0 aromatic heterocycles. The second-order valence-electron chi connectivity index (χ2n) is 4.57. The van der Waals surface area contributed by atoms with Gasteiger partial charge in [0.25, 0.3) is 0 Å². The molecule has 0 aromatic carbocycles. The fraction of sp³-hybridized carbons (Fsp3) is 0.769. The summed E-state index contributed by atoms with van der Waals surface area (Å²) in [5.41, 5.74) is 0.683. The zero-order valence-corrected chi connectivity index (χ0v) is 10.6. The third-order valence-electron chi connectivity index (χ3n) is 3.44. The molecule has 1 heterocycles. The molecule has 3 atom stereocenters. The second kappa shape index (κ2) is 5.19. The Morgan fingerprint density at radius 3 is 2.82 bits per heavy atom. The van der Waals surface area contributed by atoms with Crippen molar-refractivity contribution in [2.75, 3.05) is 7.11 Å². The van der Waals surface area contributed by atoms with Crippen LogP contribution in [0, 0.1) is 0 Å². The van der Waals surface area contributed by atoms with E-state index in [2.05, 4.69) is 13.8 Å². The molecule has 3 unspecified atom stereocenters. The minimum absolute atomic E-state index is 0.0900. The molecule has 2 aliphatic rings. The molecule has 1 fully saturated rings. The SMILES string of the molecule is CCC(CC)OC1C=C(C(=O)OC)CC2OC12. The van der Waals surface area contributed by atoms with Gasteiger partial charge in [-0.15, -0.1) is 0 Å². The van der Waals surface area contributed by atoms with E-state index in [1.807, 2.05) is 6.08 Å². The molecule has 96 valence electrons. The van der Waals surface area contributed by atoms with E-state index in [1.54, 1.807) is 0 Å². The molecule has 0 amide bonds. The summed E-state index contributed by atoms with van der Waals surface area (Å²) in [7, 11) is 1.40. The van der Waals surface area contributed by atoms with Crippen molar-refractivity contribution in [3.63, 3.8) is 0 Å². The fourth-order valence-corrected chi connectivity index (χ4v) is 2.29. The first kappa shape index (κ1) is 12.6. The summed E-state index contributed by atoms with van der Waals surface area (Å²) in [6, 6.07) is 0. The number of ether oxygens (including phenoxy) is 3. The molecule has 2 rings (SSSR count). The molecule has 0 N–H and O–H groups in total. The predicted molar refractivity (Wildman–Crippen MR) is 62.6 cm³/mol. The maximum atomic E-state index is 11.5. The van der Waals surface area contributed by atoms with Gasteiger partial charge in [0, 0.05) is 12.0 Å². The first-order valence-electron chi connectivity index (χ1n) is 6.29. The number of hydrogen-bond donors (Lipinski definition) is 0. The van der Waals surface area contributed by atoms with Crippen molar-refractivity contribution in [1.82, 2.24) is 0 Å². The van der Waals surface area contributed by atoms with Gasteiger partial charge in [0.05, 0.1) is 19.3 Å². The van der Waals surface area contributed by atoms with Crippen LogP contribution in [-0.4, -0.2) is 37.5 Å². The lowest BCUT2D eigenvalue weighted by atomic mass is 9.97. The molecule has 1 saturated heterocycles. The molecule has 4 nitrogen and oxygen atoms in total. The number of epoxide rings is 1. The summed E-state index contributed by atoms with van der Waals surface area (Å²) >= 11 is 0. The minimum atomic E-state index is -0.267. The zero-order chi connectivity index (χ0) is 12.4. The lowest BCUT2D eigenvalue weighted by molar-refractivity contribution is -0.136. The molecule has 1 aliphatic carbocycles. The van der Waals surface area contributed by atoms with Crippen LogP contribution in [0.5, 0.6) is 0 Å². The first-order chi connectivity index (χ1) is 8.19. The van der Waals surface area contributed by atoms with Crippen LogP contribution in [0.15, 0.2) is 11.6 Å². The van der Waals surface area contributed by atoms with E-state index in [0.717, 1.165) is 12.8 Å². The Labute approximate surface area is 102 Å². The summed E-state index contributed by atoms with van der Waals surface area (Å²) in [5.74, 6) is -0.267. The van der Waals surface area contributed by atoms with Gasteiger partial charge in [0.15, 0.2) is 0 Å². The second-order valence-corrected chi connectivity index (χ2v) is 4.57. The van der Waals surface area contributed by atoms with Gasteiger partial charge in [-0.3, -0.25) is 0 Å². The molecular formula is C13H20O4. The van der Waals surface area contributed by atoms with E-state index in [0.29, 0.717) is 12.0 Å². The Kier molecular flexibility index (Phi) is 3.84. The number of esters is 1. The van der Waals surface area contributed by atoms with Gasteiger partial charge >= 0.3 is 5.97 Å². The van der Waals surface area contributed by atoms with Gasteiger partial charge in [0.1, 0.15) is 12.2 Å². The van der Waals surface area contributed by atoms with Gasteiger partial charge < -0.3 is 14.2 Å². The lowest BCUT2D eigenvalue weighted by Gasteiger charge is -2.22. The number of rotatable bonds is 5. The van der Waals surface area contributed by atoms with Gasteiger partial charge in [-0.25, -0.2) is 4.79 Å². The van der Waals surface area contributed by atoms with E-state index in [4.69, 9.17) is 14.2 Å². The van der Waals surface area contributed by atoms with E-state index in [-0.39, 0.29) is 30.4 Å². The van der Waals surface area contributed by atoms with E-state index >= 15 is 0 Å². The fourth-order valence-electron chi connectivity index (χ4n) is 2.29. The Morgan fingerprint density at radius 1 is 1.53 bits per heavy atom. The first-order valence-corrected chi connectivity index (χ1v) is 6.29. The van der Waals surface area contributed by atoms with Gasteiger partial charge in [-0.05, 0) is 18.9 Å². The van der Waals surface area contributed by atoms with Gasteiger partial charge in [-0.1, -0.05) is 13.8 Å². The van der Waals surface area contributed by atoms with Gasteiger partial charge in [0.2, 0.25) is 0 Å². The number of hydrogen-bond acceptors (Lipinski definition) is 4. The highest BCUT2D eigenvalue weighted by Gasteiger charge is 2.49. The standard InChI is InChI=1S/C13H20O4/c1-4-9(5-2)16-10-6-8(13(14)15-3)7-11-12(10)17-11/h6,9-12H,4-5,7H2,1-3H3. The molecule has 1 aliphatic heterocycles. The van der Waals surface area contributed by atoms with Crippen molar-refractivity contribution in [2.45, 2.75) is 57.5 Å². The molecule has 0 saturated carbocycles. The predicted octanol–water partition coefficient (Wildman–Crippen LogP) is 1.83. The average molecular weight is 240 g/mol. The summed E-state index contributed by atoms with van der Waals surface area (Å²) in [4.78, 5) is 11.5. The minimum Gasteiger partial charge on any atom is -0.466 e. The quantitative estimate of drug-likeness (QED) is 0.543. The third kappa shape index (κ3) is 2.69. The molecule has 0 spiro atoms. The highest BCUT2D eigenvalue weighted by Crippen LogP contribution is 2.38. The van der Waals surface area contributed by atoms with Crippen molar-refractivity contribution >= 4 is 5.97 Å². The zero-order valence-electron chi connectivity index (χ0n) is 10.6. The normalized spacial score (nSPS) is 30.8. The van der Waals surface area contributed by atoms with Crippen LogP contribution in [0.3, 0.4) is 0 Å².